The fourth-order valence-corrected chi connectivity index (χ4v) is 5.71. The van der Waals surface area contributed by atoms with Crippen molar-refractivity contribution in [1.82, 2.24) is 9.97 Å². The highest BCUT2D eigenvalue weighted by Gasteiger charge is 2.38. The van der Waals surface area contributed by atoms with Gasteiger partial charge in [0.05, 0.1) is 48.0 Å². The molecule has 0 amide bonds. The van der Waals surface area contributed by atoms with E-state index in [-0.39, 0.29) is 42.2 Å². The van der Waals surface area contributed by atoms with Crippen LogP contribution in [0.3, 0.4) is 0 Å². The van der Waals surface area contributed by atoms with Crippen LogP contribution in [0.1, 0.15) is 53.3 Å². The van der Waals surface area contributed by atoms with Crippen molar-refractivity contribution in [3.8, 4) is 11.5 Å². The summed E-state index contributed by atoms with van der Waals surface area (Å²) in [6, 6.07) is 9.59. The van der Waals surface area contributed by atoms with Crippen LogP contribution in [0.4, 0.5) is 51.1 Å². The zero-order valence-corrected chi connectivity index (χ0v) is 29.6. The summed E-state index contributed by atoms with van der Waals surface area (Å²) in [5, 5.41) is 0. The second kappa shape index (κ2) is 16.1. The zero-order valence-electron chi connectivity index (χ0n) is 28.8. The zero-order chi connectivity index (χ0) is 39.4. The topological polar surface area (TPSA) is 84.9 Å². The lowest BCUT2D eigenvalue weighted by atomic mass is 9.98. The molecule has 3 aromatic carbocycles. The Bertz CT molecular complexity index is 1920. The molecule has 0 aliphatic heterocycles. The highest BCUT2D eigenvalue weighted by Crippen LogP contribution is 2.40. The minimum Gasteiger partial charge on any atom is -0.497 e. The van der Waals surface area contributed by atoms with Crippen molar-refractivity contribution in [3.05, 3.63) is 106 Å². The molecule has 53 heavy (non-hydrogen) atoms. The number of rotatable bonds is 14. The fourth-order valence-electron chi connectivity index (χ4n) is 5.32. The molecular formula is C35H35F9N4O4S. The average Bonchev–Trinajstić information content (AvgIpc) is 3.08. The van der Waals surface area contributed by atoms with E-state index in [4.69, 9.17) is 9.47 Å². The van der Waals surface area contributed by atoms with Crippen LogP contribution in [-0.4, -0.2) is 50.7 Å². The lowest BCUT2D eigenvalue weighted by molar-refractivity contribution is -0.143. The van der Waals surface area contributed by atoms with E-state index >= 15 is 0 Å². The molecule has 0 N–H and O–H groups in total. The number of halogens is 9. The Balaban J connectivity index is 1.86. The first-order chi connectivity index (χ1) is 24.6. The van der Waals surface area contributed by atoms with Crippen LogP contribution in [0.15, 0.2) is 73.1 Å². The third kappa shape index (κ3) is 11.1. The van der Waals surface area contributed by atoms with E-state index in [1.54, 1.807) is 36.1 Å². The standard InChI is InChI=1S/C35H35F9N4O4S/c1-5-47(20-23-6-9-29(51-3)10-7-23)31-11-8-26(33(36,37)38)16-25(31)21-48(32-45-18-30(19-46-32)52-12-13-53(4,49)50)22(2)24-14-27(34(39,40)41)17-28(15-24)35(42,43)44/h6-11,14-19,22H,5,12-13,20-21H2,1-4H3/t22-/m0/s1. The molecule has 0 aliphatic rings. The molecule has 1 heterocycles. The molecule has 0 fully saturated rings. The summed E-state index contributed by atoms with van der Waals surface area (Å²) in [6.45, 7) is 2.76. The Hall–Kier alpha value is -4.74. The SMILES string of the molecule is CCN(Cc1ccc(OC)cc1)c1ccc(C(F)(F)F)cc1CN(c1ncc(OCCS(C)(=O)=O)cn1)[C@@H](C)c1cc(C(F)(F)F)cc(C(F)(F)F)c1. The van der Waals surface area contributed by atoms with Crippen LogP contribution >= 0.6 is 0 Å². The predicted octanol–water partition coefficient (Wildman–Crippen LogP) is 8.76. The summed E-state index contributed by atoms with van der Waals surface area (Å²) in [4.78, 5) is 11.3. The number of aromatic nitrogens is 2. The first-order valence-electron chi connectivity index (χ1n) is 15.9. The summed E-state index contributed by atoms with van der Waals surface area (Å²) in [6.07, 6.45) is -11.9. The van der Waals surface area contributed by atoms with E-state index in [1.807, 2.05) is 0 Å². The minimum atomic E-state index is -5.17. The quantitative estimate of drug-likeness (QED) is 0.118. The van der Waals surface area contributed by atoms with Gasteiger partial charge in [0, 0.05) is 31.6 Å². The highest BCUT2D eigenvalue weighted by atomic mass is 32.2. The van der Waals surface area contributed by atoms with E-state index in [0.29, 0.717) is 30.1 Å². The number of hydrogen-bond acceptors (Lipinski definition) is 8. The molecule has 0 saturated carbocycles. The number of ether oxygens (including phenoxy) is 2. The summed E-state index contributed by atoms with van der Waals surface area (Å²) < 4.78 is 159. The van der Waals surface area contributed by atoms with Gasteiger partial charge in [-0.1, -0.05) is 12.1 Å². The second-order valence-corrected chi connectivity index (χ2v) is 14.3. The molecule has 0 radical (unpaired) electrons. The maximum Gasteiger partial charge on any atom is 0.416 e. The van der Waals surface area contributed by atoms with Gasteiger partial charge >= 0.3 is 18.5 Å². The molecule has 0 bridgehead atoms. The monoisotopic (exact) mass is 778 g/mol. The minimum absolute atomic E-state index is 0.0140. The molecular weight excluding hydrogens is 743 g/mol. The molecule has 288 valence electrons. The second-order valence-electron chi connectivity index (χ2n) is 12.0. The largest absolute Gasteiger partial charge is 0.497 e. The molecule has 18 heteroatoms. The van der Waals surface area contributed by atoms with Crippen LogP contribution in [0.2, 0.25) is 0 Å². The molecule has 0 saturated heterocycles. The van der Waals surface area contributed by atoms with Crippen LogP contribution in [0.25, 0.3) is 0 Å². The lowest BCUT2D eigenvalue weighted by Crippen LogP contribution is -2.31. The number of methoxy groups -OCH3 is 1. The predicted molar refractivity (Wildman–Crippen MR) is 179 cm³/mol. The Kier molecular flexibility index (Phi) is 12.5. The summed E-state index contributed by atoms with van der Waals surface area (Å²) in [7, 11) is -1.91. The van der Waals surface area contributed by atoms with Gasteiger partial charge in [0.2, 0.25) is 5.95 Å². The number of anilines is 2. The average molecular weight is 779 g/mol. The summed E-state index contributed by atoms with van der Waals surface area (Å²) >= 11 is 0. The van der Waals surface area contributed by atoms with Crippen molar-refractivity contribution >= 4 is 21.5 Å². The van der Waals surface area contributed by atoms with Crippen molar-refractivity contribution in [1.29, 1.82) is 0 Å². The summed E-state index contributed by atoms with van der Waals surface area (Å²) in [5.41, 5.74) is -3.60. The first kappa shape index (κ1) is 41.0. The molecule has 4 rings (SSSR count). The van der Waals surface area contributed by atoms with E-state index in [2.05, 4.69) is 9.97 Å². The lowest BCUT2D eigenvalue weighted by Gasteiger charge is -2.33. The van der Waals surface area contributed by atoms with Crippen molar-refractivity contribution < 1.29 is 57.4 Å². The first-order valence-corrected chi connectivity index (χ1v) is 17.9. The van der Waals surface area contributed by atoms with Crippen LogP contribution in [0.5, 0.6) is 11.5 Å². The normalized spacial score (nSPS) is 13.1. The summed E-state index contributed by atoms with van der Waals surface area (Å²) in [5.74, 6) is -0.0651. The van der Waals surface area contributed by atoms with E-state index in [1.165, 1.54) is 25.0 Å². The van der Waals surface area contributed by atoms with Crippen molar-refractivity contribution in [2.75, 3.05) is 42.1 Å². The molecule has 0 aliphatic carbocycles. The number of benzene rings is 3. The molecule has 1 aromatic heterocycles. The van der Waals surface area contributed by atoms with Crippen LogP contribution < -0.4 is 19.3 Å². The van der Waals surface area contributed by atoms with Gasteiger partial charge < -0.3 is 19.3 Å². The molecule has 0 unspecified atom stereocenters. The van der Waals surface area contributed by atoms with Gasteiger partial charge in [-0.25, -0.2) is 18.4 Å². The van der Waals surface area contributed by atoms with Gasteiger partial charge in [-0.3, -0.25) is 0 Å². The molecule has 8 nitrogen and oxygen atoms in total. The third-order valence-electron chi connectivity index (χ3n) is 8.16. The Morgan fingerprint density at radius 3 is 1.81 bits per heavy atom. The smallest absolute Gasteiger partial charge is 0.416 e. The van der Waals surface area contributed by atoms with E-state index in [9.17, 15) is 47.9 Å². The number of sulfone groups is 1. The molecule has 4 aromatic rings. The maximum absolute atomic E-state index is 14.1. The van der Waals surface area contributed by atoms with Gasteiger partial charge in [0.25, 0.3) is 0 Å². The number of alkyl halides is 9. The van der Waals surface area contributed by atoms with Gasteiger partial charge in [-0.15, -0.1) is 0 Å². The molecule has 0 spiro atoms. The van der Waals surface area contributed by atoms with Gasteiger partial charge in [-0.2, -0.15) is 39.5 Å². The van der Waals surface area contributed by atoms with Crippen LogP contribution in [-0.2, 0) is 41.5 Å². The van der Waals surface area contributed by atoms with Crippen LogP contribution in [0, 0.1) is 0 Å². The van der Waals surface area contributed by atoms with Crippen molar-refractivity contribution in [3.63, 3.8) is 0 Å². The van der Waals surface area contributed by atoms with Gasteiger partial charge in [0.1, 0.15) is 12.4 Å². The highest BCUT2D eigenvalue weighted by molar-refractivity contribution is 7.90. The third-order valence-corrected chi connectivity index (χ3v) is 9.06. The number of hydrogen-bond donors (Lipinski definition) is 0. The van der Waals surface area contributed by atoms with E-state index < -0.39 is 63.2 Å². The Morgan fingerprint density at radius 1 is 0.755 bits per heavy atom. The van der Waals surface area contributed by atoms with E-state index in [0.717, 1.165) is 36.3 Å². The number of nitrogens with zero attached hydrogens (tertiary/aromatic N) is 4. The molecule has 1 atom stereocenters. The van der Waals surface area contributed by atoms with Gasteiger partial charge in [-0.05, 0) is 79.1 Å². The Morgan fingerprint density at radius 2 is 1.32 bits per heavy atom. The van der Waals surface area contributed by atoms with Crippen molar-refractivity contribution in [2.45, 2.75) is 51.5 Å². The maximum atomic E-state index is 14.1. The fraction of sp³-hybridized carbons (Fsp3) is 0.371. The van der Waals surface area contributed by atoms with Crippen molar-refractivity contribution in [2.24, 2.45) is 0 Å². The Labute approximate surface area is 300 Å². The van der Waals surface area contributed by atoms with Gasteiger partial charge in [0.15, 0.2) is 15.6 Å².